The van der Waals surface area contributed by atoms with E-state index in [0.717, 1.165) is 17.3 Å². The molecule has 3 nitrogen and oxygen atoms in total. The van der Waals surface area contributed by atoms with Crippen LogP contribution in [0.2, 0.25) is 0 Å². The number of carbonyl (C=O) groups is 1. The van der Waals surface area contributed by atoms with Gasteiger partial charge in [0.25, 0.3) is 0 Å². The molecule has 0 unspecified atom stereocenters. The van der Waals surface area contributed by atoms with Crippen molar-refractivity contribution in [3.05, 3.63) is 46.3 Å². The number of rotatable bonds is 1. The van der Waals surface area contributed by atoms with Gasteiger partial charge in [-0.25, -0.2) is 0 Å². The third-order valence-electron chi connectivity index (χ3n) is 2.24. The number of carbonyl (C=O) groups excluding carboxylic acids is 1. The normalized spacial score (nSPS) is 9.83. The molecule has 1 heterocycles. The molecule has 1 aromatic heterocycles. The minimum atomic E-state index is -0.0852. The Hall–Kier alpha value is -1.99. The monoisotopic (exact) mass is 258 g/mol. The van der Waals surface area contributed by atoms with Crippen LogP contribution < -0.4 is 5.43 Å². The largest absolute Gasteiger partial charge is 0.464 e. The molecule has 2 rings (SSSR count). The Labute approximate surface area is 108 Å². The van der Waals surface area contributed by atoms with Gasteiger partial charge in [0.15, 0.2) is 10.5 Å². The van der Waals surface area contributed by atoms with Crippen LogP contribution in [-0.4, -0.2) is 10.9 Å². The van der Waals surface area contributed by atoms with E-state index >= 15 is 0 Å². The lowest BCUT2D eigenvalue weighted by atomic mass is 10.1. The summed E-state index contributed by atoms with van der Waals surface area (Å²) in [5.74, 6) is 6.25. The van der Waals surface area contributed by atoms with E-state index in [4.69, 9.17) is 4.42 Å². The lowest BCUT2D eigenvalue weighted by Crippen LogP contribution is -1.97. The smallest absolute Gasteiger partial charge is 0.192 e. The van der Waals surface area contributed by atoms with Crippen LogP contribution >= 0.6 is 11.8 Å². The summed E-state index contributed by atoms with van der Waals surface area (Å²) in [6, 6.07) is 6.59. The van der Waals surface area contributed by atoms with E-state index in [0.29, 0.717) is 16.7 Å². The van der Waals surface area contributed by atoms with Gasteiger partial charge >= 0.3 is 0 Å². The van der Waals surface area contributed by atoms with Crippen molar-refractivity contribution in [1.82, 2.24) is 0 Å². The molecule has 0 bridgehead atoms. The quantitative estimate of drug-likeness (QED) is 0.737. The zero-order valence-corrected chi connectivity index (χ0v) is 10.5. The first-order valence-electron chi connectivity index (χ1n) is 5.30. The van der Waals surface area contributed by atoms with E-state index in [1.165, 1.54) is 19.3 Å². The third-order valence-corrected chi connectivity index (χ3v) is 2.93. The van der Waals surface area contributed by atoms with Crippen molar-refractivity contribution in [3.63, 3.8) is 0 Å². The highest BCUT2D eigenvalue weighted by molar-refractivity contribution is 8.13. The summed E-state index contributed by atoms with van der Waals surface area (Å²) in [7, 11) is 0. The van der Waals surface area contributed by atoms with Crippen molar-refractivity contribution in [2.75, 3.05) is 5.75 Å². The van der Waals surface area contributed by atoms with Crippen molar-refractivity contribution in [3.8, 4) is 11.8 Å². The van der Waals surface area contributed by atoms with Gasteiger partial charge in [-0.1, -0.05) is 23.6 Å². The van der Waals surface area contributed by atoms with Crippen molar-refractivity contribution in [2.24, 2.45) is 0 Å². The van der Waals surface area contributed by atoms with Crippen LogP contribution in [0.25, 0.3) is 11.0 Å². The maximum Gasteiger partial charge on any atom is 0.192 e. The zero-order chi connectivity index (χ0) is 13.0. The predicted molar refractivity (Wildman–Crippen MR) is 72.5 cm³/mol. The average Bonchev–Trinajstić information content (AvgIpc) is 2.35. The summed E-state index contributed by atoms with van der Waals surface area (Å²) >= 11 is 1.16. The summed E-state index contributed by atoms with van der Waals surface area (Å²) in [5.41, 5.74) is 1.20. The third kappa shape index (κ3) is 3.02. The molecule has 4 heteroatoms. The fourth-order valence-electron chi connectivity index (χ4n) is 1.44. The van der Waals surface area contributed by atoms with E-state index in [9.17, 15) is 9.59 Å². The summed E-state index contributed by atoms with van der Waals surface area (Å²) < 4.78 is 5.21. The molecule has 0 fully saturated rings. The zero-order valence-electron chi connectivity index (χ0n) is 9.73. The first kappa shape index (κ1) is 12.5. The van der Waals surface area contributed by atoms with Crippen molar-refractivity contribution in [1.29, 1.82) is 0 Å². The highest BCUT2D eigenvalue weighted by atomic mass is 32.2. The highest BCUT2D eigenvalue weighted by Crippen LogP contribution is 2.11. The van der Waals surface area contributed by atoms with Gasteiger partial charge in [0, 0.05) is 18.6 Å². The molecule has 0 saturated carbocycles. The maximum atomic E-state index is 11.6. The Morgan fingerprint density at radius 3 is 3.00 bits per heavy atom. The van der Waals surface area contributed by atoms with Gasteiger partial charge in [-0.05, 0) is 18.2 Å². The van der Waals surface area contributed by atoms with Crippen LogP contribution in [0.1, 0.15) is 12.5 Å². The van der Waals surface area contributed by atoms with Crippen LogP contribution in [0.3, 0.4) is 0 Å². The first-order valence-corrected chi connectivity index (χ1v) is 6.29. The highest BCUT2D eigenvalue weighted by Gasteiger charge is 1.99. The predicted octanol–water partition coefficient (Wildman–Crippen LogP) is 2.42. The number of fused-ring (bicyclic) bond motifs is 1. The lowest BCUT2D eigenvalue weighted by Gasteiger charge is -1.95. The van der Waals surface area contributed by atoms with Crippen LogP contribution in [0.4, 0.5) is 0 Å². The Morgan fingerprint density at radius 2 is 2.22 bits per heavy atom. The lowest BCUT2D eigenvalue weighted by molar-refractivity contribution is -0.109. The van der Waals surface area contributed by atoms with Crippen LogP contribution in [0, 0.1) is 11.8 Å². The van der Waals surface area contributed by atoms with E-state index in [2.05, 4.69) is 11.8 Å². The molecule has 0 amide bonds. The molecule has 18 heavy (non-hydrogen) atoms. The van der Waals surface area contributed by atoms with Gasteiger partial charge in [0.1, 0.15) is 5.58 Å². The van der Waals surface area contributed by atoms with Crippen LogP contribution in [-0.2, 0) is 4.79 Å². The molecule has 90 valence electrons. The van der Waals surface area contributed by atoms with Gasteiger partial charge in [0.2, 0.25) is 0 Å². The molecule has 0 aliphatic carbocycles. The molecule has 1 aromatic carbocycles. The minimum Gasteiger partial charge on any atom is -0.464 e. The number of thioether (sulfide) groups is 1. The molecule has 0 radical (unpaired) electrons. The average molecular weight is 258 g/mol. The Bertz CT molecular complexity index is 704. The van der Waals surface area contributed by atoms with E-state index in [1.807, 2.05) is 0 Å². The van der Waals surface area contributed by atoms with Gasteiger partial charge < -0.3 is 4.42 Å². The van der Waals surface area contributed by atoms with Crippen LogP contribution in [0.5, 0.6) is 0 Å². The molecule has 0 saturated heterocycles. The topological polar surface area (TPSA) is 47.3 Å². The Balaban J connectivity index is 2.27. The maximum absolute atomic E-state index is 11.6. The fraction of sp³-hybridized carbons (Fsp3) is 0.143. The molecular formula is C14H10O3S. The van der Waals surface area contributed by atoms with Crippen molar-refractivity contribution >= 4 is 27.8 Å². The van der Waals surface area contributed by atoms with Gasteiger partial charge in [0.05, 0.1) is 17.4 Å². The SMILES string of the molecule is CC(=O)SCC#Cc1ccc2occc(=O)c2c1. The summed E-state index contributed by atoms with van der Waals surface area (Å²) in [4.78, 5) is 22.3. The molecular weight excluding hydrogens is 248 g/mol. The minimum absolute atomic E-state index is 0.0449. The Kier molecular flexibility index (Phi) is 3.85. The first-order chi connectivity index (χ1) is 8.66. The molecule has 0 aliphatic heterocycles. The second-order valence-electron chi connectivity index (χ2n) is 3.58. The number of benzene rings is 1. The Morgan fingerprint density at radius 1 is 1.39 bits per heavy atom. The molecule has 0 aliphatic rings. The van der Waals surface area contributed by atoms with Crippen LogP contribution in [0.15, 0.2) is 39.7 Å². The summed E-state index contributed by atoms with van der Waals surface area (Å²) in [6.07, 6.45) is 1.37. The van der Waals surface area contributed by atoms with Crippen molar-refractivity contribution < 1.29 is 9.21 Å². The number of hydrogen-bond acceptors (Lipinski definition) is 4. The molecule has 0 atom stereocenters. The van der Waals surface area contributed by atoms with E-state index < -0.39 is 0 Å². The second kappa shape index (κ2) is 5.56. The molecule has 0 spiro atoms. The summed E-state index contributed by atoms with van der Waals surface area (Å²) in [5, 5.41) is 0.562. The van der Waals surface area contributed by atoms with E-state index in [-0.39, 0.29) is 10.5 Å². The fourth-order valence-corrected chi connectivity index (χ4v) is 1.79. The van der Waals surface area contributed by atoms with E-state index in [1.54, 1.807) is 18.2 Å². The van der Waals surface area contributed by atoms with Gasteiger partial charge in [-0.15, -0.1) is 0 Å². The number of hydrogen-bond donors (Lipinski definition) is 0. The molecule has 0 N–H and O–H groups in total. The van der Waals surface area contributed by atoms with Crippen molar-refractivity contribution in [2.45, 2.75) is 6.92 Å². The van der Waals surface area contributed by atoms with Gasteiger partial charge in [-0.2, -0.15) is 0 Å². The summed E-state index contributed by atoms with van der Waals surface area (Å²) in [6.45, 7) is 1.51. The molecule has 2 aromatic rings. The second-order valence-corrected chi connectivity index (χ2v) is 4.73. The van der Waals surface area contributed by atoms with Gasteiger partial charge in [-0.3, -0.25) is 9.59 Å². The standard InChI is InChI=1S/C14H10O3S/c1-10(15)18-8-2-3-11-4-5-14-12(9-11)13(16)6-7-17-14/h4-7,9H,8H2,1H3.